The summed E-state index contributed by atoms with van der Waals surface area (Å²) in [5.41, 5.74) is 3.05. The molecule has 0 heterocycles. The van der Waals surface area contributed by atoms with Gasteiger partial charge < -0.3 is 4.74 Å². The highest BCUT2D eigenvalue weighted by molar-refractivity contribution is 14.1. The van der Waals surface area contributed by atoms with Crippen LogP contribution >= 0.6 is 22.6 Å². The van der Waals surface area contributed by atoms with Crippen molar-refractivity contribution in [2.24, 2.45) is 56.7 Å². The number of ether oxygens (including phenoxy) is 1. The number of ketones is 1. The Bertz CT molecular complexity index is 1360. The summed E-state index contributed by atoms with van der Waals surface area (Å²) in [5, 5.41) is 0. The summed E-state index contributed by atoms with van der Waals surface area (Å²) >= 11 is 2.36. The minimum absolute atomic E-state index is 0.0270. The molecule has 5 aliphatic carbocycles. The van der Waals surface area contributed by atoms with Crippen molar-refractivity contribution in [3.63, 3.8) is 0 Å². The zero-order valence-electron chi connectivity index (χ0n) is 26.9. The number of halogens is 1. The van der Waals surface area contributed by atoms with Crippen LogP contribution in [-0.4, -0.2) is 18.9 Å². The van der Waals surface area contributed by atoms with E-state index in [9.17, 15) is 9.59 Å². The van der Waals surface area contributed by atoms with Gasteiger partial charge in [0.1, 0.15) is 0 Å². The average Bonchev–Trinajstić information content (AvgIpc) is 3.33. The number of carbonyl (C=O) groups excluding carboxylic acids is 2. The van der Waals surface area contributed by atoms with Crippen molar-refractivity contribution in [2.75, 3.05) is 7.11 Å². The van der Waals surface area contributed by atoms with Crippen LogP contribution < -0.4 is 0 Å². The van der Waals surface area contributed by atoms with Crippen molar-refractivity contribution in [2.45, 2.75) is 99.3 Å². The topological polar surface area (TPSA) is 43.4 Å². The first-order valence-electron chi connectivity index (χ1n) is 16.4. The van der Waals surface area contributed by atoms with Crippen LogP contribution in [0.3, 0.4) is 0 Å². The van der Waals surface area contributed by atoms with Crippen LogP contribution in [0.25, 0.3) is 6.08 Å². The minimum Gasteiger partial charge on any atom is -0.469 e. The molecule has 42 heavy (non-hydrogen) atoms. The summed E-state index contributed by atoms with van der Waals surface area (Å²) in [7, 11) is 1.59. The van der Waals surface area contributed by atoms with Crippen LogP contribution in [0.4, 0.5) is 0 Å². The summed E-state index contributed by atoms with van der Waals surface area (Å²) in [4.78, 5) is 27.6. The number of hydrogen-bond acceptors (Lipinski definition) is 3. The van der Waals surface area contributed by atoms with E-state index in [-0.39, 0.29) is 33.0 Å². The van der Waals surface area contributed by atoms with E-state index in [4.69, 9.17) is 4.74 Å². The fraction of sp³-hybridized carbons (Fsp3) is 0.684. The first-order chi connectivity index (χ1) is 19.7. The quantitative estimate of drug-likeness (QED) is 0.138. The second kappa shape index (κ2) is 10.0. The van der Waals surface area contributed by atoms with Crippen LogP contribution in [0, 0.1) is 60.2 Å². The number of rotatable bonds is 3. The lowest BCUT2D eigenvalue weighted by Gasteiger charge is -2.72. The molecule has 0 aliphatic heterocycles. The van der Waals surface area contributed by atoms with Crippen molar-refractivity contribution in [1.29, 1.82) is 0 Å². The van der Waals surface area contributed by atoms with Crippen molar-refractivity contribution in [3.05, 3.63) is 51.1 Å². The Morgan fingerprint density at radius 3 is 2.38 bits per heavy atom. The molecule has 4 heteroatoms. The van der Waals surface area contributed by atoms with Gasteiger partial charge in [-0.1, -0.05) is 58.9 Å². The Labute approximate surface area is 267 Å². The van der Waals surface area contributed by atoms with E-state index in [1.165, 1.54) is 22.0 Å². The smallest absolute Gasteiger partial charge is 0.312 e. The molecule has 0 amide bonds. The van der Waals surface area contributed by atoms with Crippen LogP contribution in [0.2, 0.25) is 0 Å². The molecule has 3 nitrogen and oxygen atoms in total. The summed E-state index contributed by atoms with van der Waals surface area (Å²) in [6.07, 6.45) is 11.7. The lowest BCUT2D eigenvalue weighted by atomic mass is 9.32. The van der Waals surface area contributed by atoms with Crippen LogP contribution in [0.5, 0.6) is 0 Å². The first kappa shape index (κ1) is 30.6. The molecular weight excluding hydrogens is 631 g/mol. The van der Waals surface area contributed by atoms with Gasteiger partial charge in [0.2, 0.25) is 0 Å². The second-order valence-electron chi connectivity index (χ2n) is 16.3. The van der Waals surface area contributed by atoms with Gasteiger partial charge >= 0.3 is 5.97 Å². The van der Waals surface area contributed by atoms with Gasteiger partial charge in [0.25, 0.3) is 0 Å². The van der Waals surface area contributed by atoms with E-state index in [2.05, 4.69) is 101 Å². The van der Waals surface area contributed by atoms with Crippen LogP contribution in [0.15, 0.2) is 42.0 Å². The van der Waals surface area contributed by atoms with Crippen LogP contribution in [-0.2, 0) is 14.3 Å². The molecule has 0 radical (unpaired) electrons. The van der Waals surface area contributed by atoms with Gasteiger partial charge in [-0.15, -0.1) is 0 Å². The molecule has 9 atom stereocenters. The zero-order valence-corrected chi connectivity index (χ0v) is 29.1. The normalized spacial score (nSPS) is 44.9. The number of hydrogen-bond donors (Lipinski definition) is 0. The van der Waals surface area contributed by atoms with Crippen LogP contribution in [0.1, 0.15) is 105 Å². The number of Topliss-reactive ketones (excluding diaryl/α,β-unsaturated/α-hetero) is 1. The zero-order chi connectivity index (χ0) is 30.5. The average molecular weight is 683 g/mol. The molecule has 0 bridgehead atoms. The Morgan fingerprint density at radius 1 is 0.976 bits per heavy atom. The lowest BCUT2D eigenvalue weighted by molar-refractivity contribution is -0.232. The fourth-order valence-electron chi connectivity index (χ4n) is 12.5. The highest BCUT2D eigenvalue weighted by Gasteiger charge is 2.72. The van der Waals surface area contributed by atoms with Gasteiger partial charge in [-0.3, -0.25) is 9.59 Å². The van der Waals surface area contributed by atoms with Crippen molar-refractivity contribution >= 4 is 40.4 Å². The van der Waals surface area contributed by atoms with E-state index in [1.54, 1.807) is 7.11 Å². The third kappa shape index (κ3) is 4.01. The van der Waals surface area contributed by atoms with Crippen molar-refractivity contribution in [3.8, 4) is 0 Å². The maximum Gasteiger partial charge on any atom is 0.312 e. The highest BCUT2D eigenvalue weighted by Crippen LogP contribution is 2.77. The van der Waals surface area contributed by atoms with Gasteiger partial charge in [0.15, 0.2) is 5.78 Å². The Kier molecular flexibility index (Phi) is 7.31. The monoisotopic (exact) mass is 682 g/mol. The summed E-state index contributed by atoms with van der Waals surface area (Å²) in [6, 6.07) is 8.53. The number of carbonyl (C=O) groups is 2. The highest BCUT2D eigenvalue weighted by atomic mass is 127. The molecular formula is C38H51IO3. The third-order valence-corrected chi connectivity index (χ3v) is 15.1. The fourth-order valence-corrected chi connectivity index (χ4v) is 13.0. The van der Waals surface area contributed by atoms with Gasteiger partial charge in [0.05, 0.1) is 12.5 Å². The molecule has 228 valence electrons. The van der Waals surface area contributed by atoms with E-state index >= 15 is 0 Å². The Balaban J connectivity index is 1.42. The van der Waals surface area contributed by atoms with Gasteiger partial charge in [-0.2, -0.15) is 0 Å². The number of esters is 1. The van der Waals surface area contributed by atoms with Gasteiger partial charge in [0, 0.05) is 8.99 Å². The third-order valence-electron chi connectivity index (χ3n) is 14.4. The number of benzene rings is 1. The van der Waals surface area contributed by atoms with Gasteiger partial charge in [-0.25, -0.2) is 0 Å². The molecule has 6 rings (SSSR count). The predicted molar refractivity (Wildman–Crippen MR) is 179 cm³/mol. The number of fused-ring (bicyclic) bond motifs is 7. The maximum absolute atomic E-state index is 14.1. The van der Waals surface area contributed by atoms with E-state index in [0.717, 1.165) is 56.1 Å². The summed E-state index contributed by atoms with van der Waals surface area (Å²) < 4.78 is 6.75. The Morgan fingerprint density at radius 2 is 1.71 bits per heavy atom. The molecule has 0 unspecified atom stereocenters. The van der Waals surface area contributed by atoms with Gasteiger partial charge in [-0.05, 0) is 162 Å². The number of allylic oxidation sites excluding steroid dienone is 2. The van der Waals surface area contributed by atoms with Crippen molar-refractivity contribution in [1.82, 2.24) is 0 Å². The molecule has 5 aliphatic rings. The molecule has 1 aromatic rings. The molecule has 0 aromatic heterocycles. The van der Waals surface area contributed by atoms with Crippen molar-refractivity contribution < 1.29 is 14.3 Å². The SMILES string of the molecule is C=C(C)[C@H]1CC[C@]2(C(=O)OC)CC[C@@]3(C)[C@H](CC[C@H]4[C@@]5(C)CC(=Cc6cccc(I)c6)C(=O)C(C)(C)[C@@H]5CC[C@]43C)[C@@H]12. The Hall–Kier alpha value is -1.43. The maximum atomic E-state index is 14.1. The molecule has 0 saturated heterocycles. The minimum atomic E-state index is -0.372. The molecule has 5 fully saturated rings. The lowest BCUT2D eigenvalue weighted by Crippen LogP contribution is -2.67. The molecule has 5 saturated carbocycles. The van der Waals surface area contributed by atoms with E-state index in [1.807, 2.05) is 0 Å². The first-order valence-corrected chi connectivity index (χ1v) is 17.5. The number of methoxy groups -OCH3 is 1. The molecule has 1 aromatic carbocycles. The molecule has 0 spiro atoms. The largest absolute Gasteiger partial charge is 0.469 e. The predicted octanol–water partition coefficient (Wildman–Crippen LogP) is 9.68. The summed E-state index contributed by atoms with van der Waals surface area (Å²) in [6.45, 7) is 18.9. The van der Waals surface area contributed by atoms with E-state index in [0.29, 0.717) is 35.4 Å². The standard InChI is InChI=1S/C38H51IO3/c1-23(2)27-14-17-38(33(41)42-8)19-18-36(6)28(31(27)38)12-13-30-35(5)22-25(20-24-10-9-11-26(39)21-24)32(40)34(3,4)29(35)15-16-37(30,36)7/h9-11,20-21,27-31H,1,12-19,22H2,2-8H3/t27-,28-,29+,30+,31-,35+,36+,37-,38+/m1/s1. The van der Waals surface area contributed by atoms with E-state index < -0.39 is 0 Å². The summed E-state index contributed by atoms with van der Waals surface area (Å²) in [5.74, 6) is 2.53. The molecule has 0 N–H and O–H groups in total. The second-order valence-corrected chi connectivity index (χ2v) is 17.5.